The highest BCUT2D eigenvalue weighted by molar-refractivity contribution is 5.93. The van der Waals surface area contributed by atoms with Crippen molar-refractivity contribution in [3.63, 3.8) is 0 Å². The molecule has 0 unspecified atom stereocenters. The predicted molar refractivity (Wildman–Crippen MR) is 71.6 cm³/mol. The molecule has 0 aliphatic heterocycles. The summed E-state index contributed by atoms with van der Waals surface area (Å²) in [6.07, 6.45) is 5.58. The zero-order valence-electron chi connectivity index (χ0n) is 10.6. The maximum Gasteiger partial charge on any atom is 0.210 e. The number of guanidine groups is 1. The van der Waals surface area contributed by atoms with E-state index in [0.717, 1.165) is 31.7 Å². The number of nitrogens with two attached hydrogens (primary N) is 1. The molecule has 4 nitrogen and oxygen atoms in total. The molecule has 1 aromatic carbocycles. The molecule has 1 aliphatic rings. The van der Waals surface area contributed by atoms with Crippen molar-refractivity contribution in [2.45, 2.75) is 38.1 Å². The number of halogens is 2. The second-order valence-electron chi connectivity index (χ2n) is 4.70. The van der Waals surface area contributed by atoms with Crippen LogP contribution in [-0.4, -0.2) is 12.0 Å². The molecule has 6 heteroatoms. The minimum Gasteiger partial charge on any atom is -0.325 e. The molecule has 2 rings (SSSR count). The van der Waals surface area contributed by atoms with Crippen LogP contribution in [0.4, 0.5) is 14.5 Å². The molecule has 0 spiro atoms. The van der Waals surface area contributed by atoms with E-state index >= 15 is 0 Å². The highest BCUT2D eigenvalue weighted by Crippen LogP contribution is 2.20. The van der Waals surface area contributed by atoms with Crippen LogP contribution >= 0.6 is 0 Å². The van der Waals surface area contributed by atoms with Crippen LogP contribution in [0.3, 0.4) is 0 Å². The topological polar surface area (TPSA) is 62.4 Å². The minimum atomic E-state index is -0.642. The van der Waals surface area contributed by atoms with Crippen LogP contribution < -0.4 is 16.6 Å². The maximum absolute atomic E-state index is 13.1. The Kier molecular flexibility index (Phi) is 4.68. The van der Waals surface area contributed by atoms with E-state index in [1.165, 1.54) is 18.6 Å². The van der Waals surface area contributed by atoms with Gasteiger partial charge in [-0.3, -0.25) is 5.43 Å². The number of hydrogen-bond acceptors (Lipinski definition) is 2. The summed E-state index contributed by atoms with van der Waals surface area (Å²) in [7, 11) is 0. The fraction of sp³-hybridized carbons (Fsp3) is 0.462. The van der Waals surface area contributed by atoms with Crippen molar-refractivity contribution >= 4 is 11.6 Å². The number of nitrogens with zero attached hydrogens (tertiary/aromatic N) is 1. The standard InChI is InChI=1S/C13H18F2N4/c14-9-6-10(15)8-12(7-9)18-13(19-16)17-11-4-2-1-3-5-11/h6-8,11H,1-5,16H2,(H2,17,18,19). The first-order valence-corrected chi connectivity index (χ1v) is 6.45. The van der Waals surface area contributed by atoms with E-state index in [9.17, 15) is 8.78 Å². The molecule has 0 amide bonds. The van der Waals surface area contributed by atoms with E-state index in [1.54, 1.807) is 0 Å². The van der Waals surface area contributed by atoms with Crippen LogP contribution in [0.5, 0.6) is 0 Å². The summed E-state index contributed by atoms with van der Waals surface area (Å²) in [6, 6.07) is 3.41. The Hall–Kier alpha value is -1.69. The largest absolute Gasteiger partial charge is 0.325 e. The molecule has 0 aromatic heterocycles. The highest BCUT2D eigenvalue weighted by Gasteiger charge is 2.13. The molecule has 0 radical (unpaired) electrons. The second kappa shape index (κ2) is 6.47. The van der Waals surface area contributed by atoms with Crippen LogP contribution in [0.1, 0.15) is 32.1 Å². The van der Waals surface area contributed by atoms with Crippen LogP contribution in [0.15, 0.2) is 23.2 Å². The van der Waals surface area contributed by atoms with Gasteiger partial charge in [-0.2, -0.15) is 0 Å². The Balaban J connectivity index is 2.07. The summed E-state index contributed by atoms with van der Waals surface area (Å²) < 4.78 is 26.1. The van der Waals surface area contributed by atoms with Gasteiger partial charge in [-0.05, 0) is 25.0 Å². The number of hydrogen-bond donors (Lipinski definition) is 3. The Bertz CT molecular complexity index is 436. The molecule has 0 atom stereocenters. The summed E-state index contributed by atoms with van der Waals surface area (Å²) >= 11 is 0. The molecule has 19 heavy (non-hydrogen) atoms. The summed E-state index contributed by atoms with van der Waals surface area (Å²) in [5.41, 5.74) is 2.71. The van der Waals surface area contributed by atoms with E-state index in [1.807, 2.05) is 0 Å². The lowest BCUT2D eigenvalue weighted by Crippen LogP contribution is -2.37. The van der Waals surface area contributed by atoms with Gasteiger partial charge in [0.15, 0.2) is 0 Å². The molecule has 0 saturated heterocycles. The minimum absolute atomic E-state index is 0.214. The van der Waals surface area contributed by atoms with Crippen molar-refractivity contribution < 1.29 is 8.78 Å². The number of benzene rings is 1. The molecule has 1 fully saturated rings. The molecule has 0 bridgehead atoms. The SMILES string of the molecule is NNC(=NC1CCCCC1)Nc1cc(F)cc(F)c1. The normalized spacial score (nSPS) is 17.3. The number of hydrazine groups is 1. The summed E-state index contributed by atoms with van der Waals surface area (Å²) in [5.74, 6) is 4.43. The van der Waals surface area contributed by atoms with Crippen molar-refractivity contribution in [1.29, 1.82) is 0 Å². The van der Waals surface area contributed by atoms with Crippen LogP contribution in [0.25, 0.3) is 0 Å². The maximum atomic E-state index is 13.1. The quantitative estimate of drug-likeness (QED) is 0.334. The van der Waals surface area contributed by atoms with Crippen molar-refractivity contribution in [1.82, 2.24) is 5.43 Å². The summed E-state index contributed by atoms with van der Waals surface area (Å²) in [6.45, 7) is 0. The number of nitrogens with one attached hydrogen (secondary N) is 2. The van der Waals surface area contributed by atoms with Crippen molar-refractivity contribution in [2.75, 3.05) is 5.32 Å². The van der Waals surface area contributed by atoms with E-state index < -0.39 is 11.6 Å². The van der Waals surface area contributed by atoms with Gasteiger partial charge in [0, 0.05) is 11.8 Å². The zero-order chi connectivity index (χ0) is 13.7. The van der Waals surface area contributed by atoms with Gasteiger partial charge in [0.1, 0.15) is 11.6 Å². The molecule has 0 heterocycles. The lowest BCUT2D eigenvalue weighted by Gasteiger charge is -2.19. The Morgan fingerprint density at radius 3 is 2.32 bits per heavy atom. The fourth-order valence-electron chi connectivity index (χ4n) is 2.26. The average molecular weight is 268 g/mol. The number of rotatable bonds is 2. The summed E-state index contributed by atoms with van der Waals surface area (Å²) in [5, 5.41) is 2.79. The Morgan fingerprint density at radius 1 is 1.11 bits per heavy atom. The molecular formula is C13H18F2N4. The van der Waals surface area contributed by atoms with Gasteiger partial charge >= 0.3 is 0 Å². The van der Waals surface area contributed by atoms with Gasteiger partial charge in [0.05, 0.1) is 6.04 Å². The van der Waals surface area contributed by atoms with E-state index in [4.69, 9.17) is 5.84 Å². The molecule has 4 N–H and O–H groups in total. The van der Waals surface area contributed by atoms with Gasteiger partial charge in [-0.1, -0.05) is 19.3 Å². The van der Waals surface area contributed by atoms with E-state index in [2.05, 4.69) is 15.7 Å². The number of anilines is 1. The van der Waals surface area contributed by atoms with E-state index in [0.29, 0.717) is 5.96 Å². The lowest BCUT2D eigenvalue weighted by molar-refractivity contribution is 0.442. The third-order valence-corrected chi connectivity index (χ3v) is 3.15. The summed E-state index contributed by atoms with van der Waals surface area (Å²) in [4.78, 5) is 4.43. The second-order valence-corrected chi connectivity index (χ2v) is 4.70. The van der Waals surface area contributed by atoms with Gasteiger partial charge in [-0.25, -0.2) is 19.6 Å². The van der Waals surface area contributed by atoms with E-state index in [-0.39, 0.29) is 11.7 Å². The molecule has 1 aromatic rings. The fourth-order valence-corrected chi connectivity index (χ4v) is 2.26. The van der Waals surface area contributed by atoms with Crippen LogP contribution in [0, 0.1) is 11.6 Å². The smallest absolute Gasteiger partial charge is 0.210 e. The van der Waals surface area contributed by atoms with Crippen LogP contribution in [0.2, 0.25) is 0 Å². The lowest BCUT2D eigenvalue weighted by atomic mass is 9.96. The molecule has 104 valence electrons. The first kappa shape index (κ1) is 13.7. The first-order valence-electron chi connectivity index (χ1n) is 6.45. The zero-order valence-corrected chi connectivity index (χ0v) is 10.6. The van der Waals surface area contributed by atoms with Gasteiger partial charge in [0.25, 0.3) is 0 Å². The Labute approximate surface area is 111 Å². The van der Waals surface area contributed by atoms with Crippen molar-refractivity contribution in [3.8, 4) is 0 Å². The third-order valence-electron chi connectivity index (χ3n) is 3.15. The van der Waals surface area contributed by atoms with Crippen molar-refractivity contribution in [2.24, 2.45) is 10.8 Å². The van der Waals surface area contributed by atoms with Crippen molar-refractivity contribution in [3.05, 3.63) is 29.8 Å². The van der Waals surface area contributed by atoms with Gasteiger partial charge in [-0.15, -0.1) is 0 Å². The monoisotopic (exact) mass is 268 g/mol. The molecule has 1 saturated carbocycles. The number of aliphatic imine (C=N–C) groups is 1. The predicted octanol–water partition coefficient (Wildman–Crippen LogP) is 2.53. The van der Waals surface area contributed by atoms with Gasteiger partial charge < -0.3 is 5.32 Å². The molecule has 1 aliphatic carbocycles. The molecular weight excluding hydrogens is 250 g/mol. The highest BCUT2D eigenvalue weighted by atomic mass is 19.1. The Morgan fingerprint density at radius 2 is 1.74 bits per heavy atom. The third kappa shape index (κ3) is 4.17. The van der Waals surface area contributed by atoms with Crippen LogP contribution in [-0.2, 0) is 0 Å². The van der Waals surface area contributed by atoms with Gasteiger partial charge in [0.2, 0.25) is 5.96 Å². The average Bonchev–Trinajstić information content (AvgIpc) is 2.38. The first-order chi connectivity index (χ1) is 9.17.